The van der Waals surface area contributed by atoms with Gasteiger partial charge >= 0.3 is 0 Å². The van der Waals surface area contributed by atoms with E-state index in [1.54, 1.807) is 6.92 Å². The van der Waals surface area contributed by atoms with Crippen LogP contribution in [0.5, 0.6) is 0 Å². The van der Waals surface area contributed by atoms with Gasteiger partial charge in [0.05, 0.1) is 12.4 Å². The SMILES string of the molecule is CCOS(=O)(=O)CCC(O)O. The lowest BCUT2D eigenvalue weighted by Crippen LogP contribution is -2.16. The molecule has 0 saturated carbocycles. The lowest BCUT2D eigenvalue weighted by molar-refractivity contribution is -0.0410. The highest BCUT2D eigenvalue weighted by Crippen LogP contribution is 1.97. The van der Waals surface area contributed by atoms with E-state index in [1.807, 2.05) is 0 Å². The summed E-state index contributed by atoms with van der Waals surface area (Å²) in [6.45, 7) is 1.62. The van der Waals surface area contributed by atoms with Crippen molar-refractivity contribution in [2.75, 3.05) is 12.4 Å². The summed E-state index contributed by atoms with van der Waals surface area (Å²) in [6, 6.07) is 0. The smallest absolute Gasteiger partial charge is 0.267 e. The first-order valence-corrected chi connectivity index (χ1v) is 4.79. The van der Waals surface area contributed by atoms with Crippen molar-refractivity contribution in [1.82, 2.24) is 0 Å². The van der Waals surface area contributed by atoms with E-state index in [4.69, 9.17) is 10.2 Å². The zero-order valence-electron chi connectivity index (χ0n) is 6.23. The molecule has 0 heterocycles. The van der Waals surface area contributed by atoms with Crippen molar-refractivity contribution in [3.63, 3.8) is 0 Å². The summed E-state index contributed by atoms with van der Waals surface area (Å²) in [6.07, 6.45) is -1.81. The van der Waals surface area contributed by atoms with Gasteiger partial charge in [0.15, 0.2) is 6.29 Å². The Balaban J connectivity index is 3.74. The van der Waals surface area contributed by atoms with Crippen molar-refractivity contribution in [2.24, 2.45) is 0 Å². The van der Waals surface area contributed by atoms with Crippen LogP contribution in [0, 0.1) is 0 Å². The molecule has 0 aromatic heterocycles. The topological polar surface area (TPSA) is 83.8 Å². The first-order valence-electron chi connectivity index (χ1n) is 3.21. The fraction of sp³-hybridized carbons (Fsp3) is 1.00. The van der Waals surface area contributed by atoms with Gasteiger partial charge in [0.1, 0.15) is 0 Å². The molecule has 0 radical (unpaired) electrons. The van der Waals surface area contributed by atoms with E-state index in [-0.39, 0.29) is 18.8 Å². The lowest BCUT2D eigenvalue weighted by Gasteiger charge is -2.03. The monoisotopic (exact) mass is 184 g/mol. The van der Waals surface area contributed by atoms with Crippen LogP contribution in [0.3, 0.4) is 0 Å². The van der Waals surface area contributed by atoms with E-state index >= 15 is 0 Å². The molecule has 0 aliphatic rings. The van der Waals surface area contributed by atoms with Crippen molar-refractivity contribution in [1.29, 1.82) is 0 Å². The Morgan fingerprint density at radius 1 is 1.45 bits per heavy atom. The molecule has 0 aromatic carbocycles. The minimum absolute atomic E-state index is 0.0733. The summed E-state index contributed by atoms with van der Waals surface area (Å²) in [5.74, 6) is -0.363. The molecule has 5 nitrogen and oxygen atoms in total. The first-order chi connectivity index (χ1) is 4.98. The maximum Gasteiger partial charge on any atom is 0.267 e. The Hall–Kier alpha value is -0.170. The maximum atomic E-state index is 10.7. The molecule has 0 saturated heterocycles. The van der Waals surface area contributed by atoms with Gasteiger partial charge in [-0.2, -0.15) is 8.42 Å². The average Bonchev–Trinajstić information content (AvgIpc) is 1.84. The second-order valence-corrected chi connectivity index (χ2v) is 3.70. The largest absolute Gasteiger partial charge is 0.368 e. The van der Waals surface area contributed by atoms with Crippen LogP contribution >= 0.6 is 0 Å². The molecule has 0 aliphatic heterocycles. The van der Waals surface area contributed by atoms with Crippen LogP contribution < -0.4 is 0 Å². The van der Waals surface area contributed by atoms with Crippen molar-refractivity contribution in [3.05, 3.63) is 0 Å². The number of aliphatic hydroxyl groups is 2. The third kappa shape index (κ3) is 6.24. The standard InChI is InChI=1S/C5H12O5S/c1-2-10-11(8,9)4-3-5(6)7/h5-7H,2-4H2,1H3. The Labute approximate surface area is 65.7 Å². The van der Waals surface area contributed by atoms with E-state index in [9.17, 15) is 8.42 Å². The summed E-state index contributed by atoms with van der Waals surface area (Å²) in [4.78, 5) is 0. The predicted molar refractivity (Wildman–Crippen MR) is 38.3 cm³/mol. The Morgan fingerprint density at radius 2 is 2.00 bits per heavy atom. The predicted octanol–water partition coefficient (Wildman–Crippen LogP) is -0.946. The van der Waals surface area contributed by atoms with Crippen LogP contribution in [0.15, 0.2) is 0 Å². The summed E-state index contributed by atoms with van der Waals surface area (Å²) < 4.78 is 25.7. The molecule has 2 N–H and O–H groups in total. The lowest BCUT2D eigenvalue weighted by atomic mass is 10.5. The molecule has 11 heavy (non-hydrogen) atoms. The Bertz CT molecular complexity index is 183. The zero-order valence-corrected chi connectivity index (χ0v) is 7.04. The third-order valence-corrected chi connectivity index (χ3v) is 2.25. The van der Waals surface area contributed by atoms with Gasteiger partial charge in [0, 0.05) is 6.42 Å². The molecule has 0 aromatic rings. The van der Waals surface area contributed by atoms with Crippen LogP contribution in [-0.2, 0) is 14.3 Å². The molecule has 6 heteroatoms. The Morgan fingerprint density at radius 3 is 2.36 bits per heavy atom. The van der Waals surface area contributed by atoms with E-state index in [2.05, 4.69) is 4.18 Å². The zero-order chi connectivity index (χ0) is 8.91. The summed E-state index contributed by atoms with van der Waals surface area (Å²) in [5, 5.41) is 16.6. The number of hydrogen-bond acceptors (Lipinski definition) is 5. The minimum atomic E-state index is -3.55. The van der Waals surface area contributed by atoms with Gasteiger partial charge < -0.3 is 10.2 Å². The first kappa shape index (κ1) is 10.8. The molecular weight excluding hydrogens is 172 g/mol. The fourth-order valence-corrected chi connectivity index (χ4v) is 1.46. The summed E-state index contributed by atoms with van der Waals surface area (Å²) in [5.41, 5.74) is 0. The number of aliphatic hydroxyl groups excluding tert-OH is 1. The minimum Gasteiger partial charge on any atom is -0.368 e. The maximum absolute atomic E-state index is 10.7. The third-order valence-electron chi connectivity index (χ3n) is 0.923. The molecule has 0 spiro atoms. The highest BCUT2D eigenvalue weighted by atomic mass is 32.2. The van der Waals surface area contributed by atoms with Gasteiger partial charge in [-0.3, -0.25) is 4.18 Å². The average molecular weight is 184 g/mol. The molecule has 0 fully saturated rings. The second kappa shape index (κ2) is 4.66. The van der Waals surface area contributed by atoms with Crippen molar-refractivity contribution < 1.29 is 22.8 Å². The van der Waals surface area contributed by atoms with E-state index in [1.165, 1.54) is 0 Å². The molecule has 68 valence electrons. The van der Waals surface area contributed by atoms with Crippen molar-refractivity contribution >= 4 is 10.1 Å². The molecule has 0 bridgehead atoms. The molecule has 0 amide bonds. The van der Waals surface area contributed by atoms with Crippen molar-refractivity contribution in [2.45, 2.75) is 19.6 Å². The summed E-state index contributed by atoms with van der Waals surface area (Å²) in [7, 11) is -3.55. The molecular formula is C5H12O5S. The van der Waals surface area contributed by atoms with Crippen LogP contribution in [0.25, 0.3) is 0 Å². The highest BCUT2D eigenvalue weighted by molar-refractivity contribution is 7.86. The van der Waals surface area contributed by atoms with Crippen molar-refractivity contribution in [3.8, 4) is 0 Å². The number of rotatable bonds is 5. The van der Waals surface area contributed by atoms with Crippen LogP contribution in [0.2, 0.25) is 0 Å². The van der Waals surface area contributed by atoms with E-state index in [0.29, 0.717) is 0 Å². The van der Waals surface area contributed by atoms with Gasteiger partial charge in [0.2, 0.25) is 0 Å². The van der Waals surface area contributed by atoms with Gasteiger partial charge in [0.25, 0.3) is 10.1 Å². The van der Waals surface area contributed by atoms with Crippen LogP contribution in [0.1, 0.15) is 13.3 Å². The normalized spacial score (nSPS) is 12.4. The van der Waals surface area contributed by atoms with E-state index in [0.717, 1.165) is 0 Å². The van der Waals surface area contributed by atoms with Gasteiger partial charge in [-0.05, 0) is 6.92 Å². The highest BCUT2D eigenvalue weighted by Gasteiger charge is 2.11. The molecule has 0 atom stereocenters. The quantitative estimate of drug-likeness (QED) is 0.425. The molecule has 0 aliphatic carbocycles. The summed E-state index contributed by atoms with van der Waals surface area (Å²) >= 11 is 0. The number of hydrogen-bond donors (Lipinski definition) is 2. The second-order valence-electron chi connectivity index (χ2n) is 1.94. The van der Waals surface area contributed by atoms with Crippen LogP contribution in [-0.4, -0.2) is 37.3 Å². The fourth-order valence-electron chi connectivity index (χ4n) is 0.488. The van der Waals surface area contributed by atoms with Crippen LogP contribution in [0.4, 0.5) is 0 Å². The van der Waals surface area contributed by atoms with E-state index < -0.39 is 16.4 Å². The molecule has 0 rings (SSSR count). The van der Waals surface area contributed by atoms with Gasteiger partial charge in [-0.15, -0.1) is 0 Å². The van der Waals surface area contributed by atoms with Gasteiger partial charge in [-0.25, -0.2) is 0 Å². The molecule has 0 unspecified atom stereocenters. The van der Waals surface area contributed by atoms with Gasteiger partial charge in [-0.1, -0.05) is 0 Å². The Kier molecular flexibility index (Phi) is 4.58.